The molecule has 36 heavy (non-hydrogen) atoms. The van der Waals surface area contributed by atoms with E-state index in [0.29, 0.717) is 13.0 Å². The molecule has 2 aliphatic rings. The van der Waals surface area contributed by atoms with Crippen LogP contribution in [0.5, 0.6) is 0 Å². The van der Waals surface area contributed by atoms with Crippen LogP contribution in [0.15, 0.2) is 29.4 Å². The number of carbonyl (C=O) groups is 2. The molecule has 0 radical (unpaired) electrons. The maximum Gasteiger partial charge on any atom is 0.410 e. The summed E-state index contributed by atoms with van der Waals surface area (Å²) in [6.07, 6.45) is -0.217. The molecule has 0 saturated carbocycles. The van der Waals surface area contributed by atoms with Crippen molar-refractivity contribution in [2.45, 2.75) is 49.3 Å². The van der Waals surface area contributed by atoms with Crippen molar-refractivity contribution in [2.75, 3.05) is 11.9 Å². The Bertz CT molecular complexity index is 1330. The van der Waals surface area contributed by atoms with E-state index in [2.05, 4.69) is 25.4 Å². The number of thiol groups is 1. The minimum absolute atomic E-state index is 0.0291. The van der Waals surface area contributed by atoms with Crippen LogP contribution in [-0.2, 0) is 15.7 Å². The Labute approximate surface area is 209 Å². The van der Waals surface area contributed by atoms with Crippen molar-refractivity contribution in [1.29, 1.82) is 0 Å². The van der Waals surface area contributed by atoms with Gasteiger partial charge in [-0.05, 0) is 55.5 Å². The molecule has 1 saturated heterocycles. The zero-order valence-corrected chi connectivity index (χ0v) is 21.0. The zero-order chi connectivity index (χ0) is 26.6. The summed E-state index contributed by atoms with van der Waals surface area (Å²) in [6, 6.07) is 3.61. The maximum atomic E-state index is 15.2. The number of amides is 2. The van der Waals surface area contributed by atoms with Crippen LogP contribution in [0.1, 0.15) is 49.8 Å². The number of carboxylic acid groups (broad SMARTS) is 1. The van der Waals surface area contributed by atoms with Gasteiger partial charge in [-0.3, -0.25) is 24.0 Å². The Kier molecular flexibility index (Phi) is 6.42. The number of benzene rings is 1. The molecule has 2 amide bonds. The van der Waals surface area contributed by atoms with Crippen LogP contribution in [0.25, 0.3) is 0 Å². The number of nitrogens with one attached hydrogen (secondary N) is 3. The molecule has 4 N–H and O–H groups in total. The predicted octanol–water partition coefficient (Wildman–Crippen LogP) is 3.29. The van der Waals surface area contributed by atoms with Crippen molar-refractivity contribution in [1.82, 2.24) is 19.8 Å². The van der Waals surface area contributed by atoms with Gasteiger partial charge in [-0.15, -0.1) is 0 Å². The molecule has 15 heteroatoms. The molecule has 1 aromatic carbocycles. The fourth-order valence-corrected chi connectivity index (χ4v) is 8.71. The van der Waals surface area contributed by atoms with Gasteiger partial charge in [-0.25, -0.2) is 13.9 Å². The number of anilines is 1. The van der Waals surface area contributed by atoms with Gasteiger partial charge in [-0.1, -0.05) is 11.6 Å². The van der Waals surface area contributed by atoms with Gasteiger partial charge < -0.3 is 10.4 Å². The third kappa shape index (κ3) is 4.06. The summed E-state index contributed by atoms with van der Waals surface area (Å²) >= 11 is 5.86. The van der Waals surface area contributed by atoms with E-state index in [1.807, 2.05) is 0 Å². The molecule has 2 aliphatic heterocycles. The molecule has 2 aromatic rings. The molecule has 0 unspecified atom stereocenters. The lowest BCUT2D eigenvalue weighted by molar-refractivity contribution is 0.0561. The average Bonchev–Trinajstić information content (AvgIpc) is 3.38. The maximum absolute atomic E-state index is 15.2. The van der Waals surface area contributed by atoms with Crippen LogP contribution in [0.3, 0.4) is 0 Å². The minimum atomic E-state index is -3.36. The van der Waals surface area contributed by atoms with Crippen molar-refractivity contribution < 1.29 is 32.1 Å². The summed E-state index contributed by atoms with van der Waals surface area (Å²) in [5.41, 5.74) is -1.87. The molecule has 4 rings (SSSR count). The van der Waals surface area contributed by atoms with E-state index in [1.54, 1.807) is 20.8 Å². The van der Waals surface area contributed by atoms with E-state index in [4.69, 9.17) is 11.6 Å². The number of halogens is 4. The van der Waals surface area contributed by atoms with Crippen LogP contribution in [-0.4, -0.2) is 53.5 Å². The number of rotatable bonds is 4. The SMILES string of the molecule is CC1(C)C(NC(=O)O)=N[C@](C)(c2cc(NC(=O)c3nn(C(F)F)cc3Cl)ccc2F)[C@@H]2CCN[SH]21=O. The molecule has 1 aromatic heterocycles. The molecule has 10 nitrogen and oxygen atoms in total. The number of alkyl halides is 2. The molecule has 196 valence electrons. The first-order valence-corrected chi connectivity index (χ1v) is 13.0. The summed E-state index contributed by atoms with van der Waals surface area (Å²) in [5.74, 6) is -1.70. The van der Waals surface area contributed by atoms with E-state index in [9.17, 15) is 27.7 Å². The molecule has 0 aliphatic carbocycles. The first kappa shape index (κ1) is 26.1. The van der Waals surface area contributed by atoms with Crippen molar-refractivity contribution in [3.8, 4) is 0 Å². The van der Waals surface area contributed by atoms with Crippen molar-refractivity contribution in [2.24, 2.45) is 4.99 Å². The molecule has 0 bridgehead atoms. The highest BCUT2D eigenvalue weighted by molar-refractivity contribution is 8.04. The van der Waals surface area contributed by atoms with Crippen LogP contribution < -0.4 is 15.4 Å². The van der Waals surface area contributed by atoms with Crippen LogP contribution in [0.2, 0.25) is 5.02 Å². The van der Waals surface area contributed by atoms with E-state index >= 15 is 4.39 Å². The van der Waals surface area contributed by atoms with Gasteiger partial charge in [0.2, 0.25) is 0 Å². The molecular weight excluding hydrogens is 525 g/mol. The highest BCUT2D eigenvalue weighted by atomic mass is 35.5. The van der Waals surface area contributed by atoms with E-state index in [0.717, 1.165) is 12.3 Å². The lowest BCUT2D eigenvalue weighted by Gasteiger charge is -2.51. The minimum Gasteiger partial charge on any atom is -0.465 e. The molecule has 2 atom stereocenters. The number of nitrogens with zero attached hydrogens (tertiary/aromatic N) is 3. The summed E-state index contributed by atoms with van der Waals surface area (Å²) in [6.45, 7) is 2.14. The fraction of sp³-hybridized carbons (Fsp3) is 0.429. The quantitative estimate of drug-likeness (QED) is 0.373. The Morgan fingerprint density at radius 3 is 2.61 bits per heavy atom. The number of amidine groups is 1. The highest BCUT2D eigenvalue weighted by Crippen LogP contribution is 2.49. The van der Waals surface area contributed by atoms with Gasteiger partial charge in [0.15, 0.2) is 5.69 Å². The van der Waals surface area contributed by atoms with Crippen molar-refractivity contribution >= 4 is 45.2 Å². The van der Waals surface area contributed by atoms with Crippen LogP contribution in [0, 0.1) is 5.82 Å². The summed E-state index contributed by atoms with van der Waals surface area (Å²) < 4.78 is 57.3. The third-order valence-electron chi connectivity index (χ3n) is 6.70. The fourth-order valence-electron chi connectivity index (χ4n) is 4.81. The van der Waals surface area contributed by atoms with Crippen LogP contribution in [0.4, 0.5) is 23.7 Å². The van der Waals surface area contributed by atoms with Crippen molar-refractivity contribution in [3.63, 3.8) is 0 Å². The standard InChI is InChI=1S/C21H24ClF3N6O4S/c1-20(2)17(28-19(33)34)29-21(3,14-6-7-26-36(14,20)35)11-8-10(4-5-13(11)23)27-16(32)15-12(22)9-31(30-15)18(24)25/h4-5,8-9,14,18,36H,6-7H2,1-3H3,(H,26,35)(H,27,32)(H,28,29)(H,33,34)/t14-,21+/m0/s1. The number of hydrogen-bond donors (Lipinski definition) is 5. The van der Waals surface area contributed by atoms with Crippen molar-refractivity contribution in [3.05, 3.63) is 46.5 Å². The van der Waals surface area contributed by atoms with E-state index in [-0.39, 0.29) is 26.8 Å². The summed E-state index contributed by atoms with van der Waals surface area (Å²) in [7, 11) is -3.36. The lowest BCUT2D eigenvalue weighted by Crippen LogP contribution is -2.65. The zero-order valence-electron chi connectivity index (χ0n) is 19.4. The monoisotopic (exact) mass is 548 g/mol. The van der Waals surface area contributed by atoms with Gasteiger partial charge in [0.25, 0.3) is 5.91 Å². The predicted molar refractivity (Wildman–Crippen MR) is 129 cm³/mol. The second kappa shape index (κ2) is 8.85. The second-order valence-electron chi connectivity index (χ2n) is 9.20. The van der Waals surface area contributed by atoms with Gasteiger partial charge in [-0.2, -0.15) is 13.9 Å². The molecular formula is C21H24ClF3N6O4S. The first-order chi connectivity index (χ1) is 16.7. The third-order valence-corrected chi connectivity index (χ3v) is 11.2. The first-order valence-electron chi connectivity index (χ1n) is 10.8. The second-order valence-corrected chi connectivity index (χ2v) is 13.0. The molecule has 0 spiro atoms. The van der Waals surface area contributed by atoms with Gasteiger partial charge in [0.1, 0.15) is 17.2 Å². The Balaban J connectivity index is 1.77. The number of fused-ring (bicyclic) bond motifs is 1. The van der Waals surface area contributed by atoms with Gasteiger partial charge in [0, 0.05) is 17.8 Å². The van der Waals surface area contributed by atoms with E-state index in [1.165, 1.54) is 12.1 Å². The smallest absolute Gasteiger partial charge is 0.410 e. The topological polar surface area (TPSA) is 138 Å². The lowest BCUT2D eigenvalue weighted by atomic mass is 9.85. The molecule has 3 heterocycles. The largest absolute Gasteiger partial charge is 0.465 e. The number of aliphatic imine (C=N–C) groups is 1. The van der Waals surface area contributed by atoms with Gasteiger partial charge in [0.05, 0.1) is 21.2 Å². The summed E-state index contributed by atoms with van der Waals surface area (Å²) in [5, 5.41) is 16.5. The number of hydrogen-bond acceptors (Lipinski definition) is 5. The Morgan fingerprint density at radius 1 is 1.31 bits per heavy atom. The normalized spacial score (nSPS) is 25.1. The van der Waals surface area contributed by atoms with Crippen LogP contribution >= 0.6 is 11.6 Å². The number of carbonyl (C=O) groups excluding carboxylic acids is 1. The highest BCUT2D eigenvalue weighted by Gasteiger charge is 2.59. The van der Waals surface area contributed by atoms with Gasteiger partial charge >= 0.3 is 12.6 Å². The number of aromatic nitrogens is 2. The van der Waals surface area contributed by atoms with E-state index < -0.39 is 55.7 Å². The Morgan fingerprint density at radius 2 is 2.00 bits per heavy atom. The summed E-state index contributed by atoms with van der Waals surface area (Å²) in [4.78, 5) is 28.7. The Hall–Kier alpha value is -2.97. The average molecular weight is 549 g/mol. The molecule has 1 fully saturated rings.